The molecule has 0 bridgehead atoms. The quantitative estimate of drug-likeness (QED) is 0.736. The van der Waals surface area contributed by atoms with Crippen molar-refractivity contribution in [2.24, 2.45) is 5.92 Å². The molecule has 0 radical (unpaired) electrons. The summed E-state index contributed by atoms with van der Waals surface area (Å²) < 4.78 is 0. The maximum Gasteiger partial charge on any atom is 0.151 e. The van der Waals surface area contributed by atoms with Gasteiger partial charge in [0.2, 0.25) is 0 Å². The van der Waals surface area contributed by atoms with Crippen molar-refractivity contribution in [3.8, 4) is 0 Å². The Kier molecular flexibility index (Phi) is 7.56. The summed E-state index contributed by atoms with van der Waals surface area (Å²) in [5, 5.41) is 4.19. The Labute approximate surface area is 128 Å². The number of aromatic amines is 1. The first-order valence-electron chi connectivity index (χ1n) is 7.55. The monoisotopic (exact) mass is 300 g/mol. The minimum Gasteiger partial charge on any atom is -0.344 e. The maximum absolute atomic E-state index is 6.20. The fourth-order valence-electron chi connectivity index (χ4n) is 2.16. The lowest BCUT2D eigenvalue weighted by Crippen LogP contribution is -2.41. The van der Waals surface area contributed by atoms with Crippen LogP contribution in [-0.2, 0) is 13.0 Å². The van der Waals surface area contributed by atoms with Crippen molar-refractivity contribution >= 4 is 11.6 Å². The molecule has 1 rings (SSSR count). The van der Waals surface area contributed by atoms with Gasteiger partial charge in [-0.3, -0.25) is 0 Å². The normalized spacial score (nSPS) is 13.4. The van der Waals surface area contributed by atoms with Crippen molar-refractivity contribution in [1.29, 1.82) is 0 Å². The van der Waals surface area contributed by atoms with Gasteiger partial charge in [-0.25, -0.2) is 4.98 Å². The number of nitrogens with zero attached hydrogens (tertiary/aromatic N) is 2. The number of aryl methyl sites for hydroxylation is 1. The van der Waals surface area contributed by atoms with Gasteiger partial charge in [0.15, 0.2) is 5.15 Å². The topological polar surface area (TPSA) is 44.0 Å². The van der Waals surface area contributed by atoms with Gasteiger partial charge < -0.3 is 15.2 Å². The maximum atomic E-state index is 6.20. The highest BCUT2D eigenvalue weighted by molar-refractivity contribution is 6.30. The fourth-order valence-corrected chi connectivity index (χ4v) is 2.37. The minimum absolute atomic E-state index is 0.448. The van der Waals surface area contributed by atoms with Crippen LogP contribution in [0.25, 0.3) is 0 Å². The van der Waals surface area contributed by atoms with E-state index in [0.717, 1.165) is 37.4 Å². The molecule has 0 fully saturated rings. The lowest BCUT2D eigenvalue weighted by atomic mass is 10.0. The highest BCUT2D eigenvalue weighted by Crippen LogP contribution is 2.15. The van der Waals surface area contributed by atoms with E-state index in [2.05, 4.69) is 55.1 Å². The molecule has 1 unspecified atom stereocenters. The molecular formula is C15H29ClN4. The van der Waals surface area contributed by atoms with Gasteiger partial charge in [0, 0.05) is 25.6 Å². The summed E-state index contributed by atoms with van der Waals surface area (Å²) in [7, 11) is 4.20. The van der Waals surface area contributed by atoms with E-state index in [0.29, 0.717) is 17.1 Å². The molecule has 0 amide bonds. The second-order valence-corrected chi connectivity index (χ2v) is 6.41. The van der Waals surface area contributed by atoms with E-state index in [1.54, 1.807) is 0 Å². The predicted octanol–water partition coefficient (Wildman–Crippen LogP) is 3.08. The number of halogens is 1. The molecule has 20 heavy (non-hydrogen) atoms. The third kappa shape index (κ3) is 5.81. The molecule has 1 aromatic heterocycles. The van der Waals surface area contributed by atoms with Crippen LogP contribution >= 0.6 is 11.6 Å². The highest BCUT2D eigenvalue weighted by Gasteiger charge is 2.15. The van der Waals surface area contributed by atoms with Crippen LogP contribution in [0.1, 0.15) is 45.1 Å². The van der Waals surface area contributed by atoms with E-state index in [4.69, 9.17) is 11.6 Å². The highest BCUT2D eigenvalue weighted by atomic mass is 35.5. The first-order valence-corrected chi connectivity index (χ1v) is 7.93. The Bertz CT molecular complexity index is 387. The SMILES string of the molecule is CCCCc1nc(Cl)c(CNC(CN(C)C)C(C)C)[nH]1. The van der Waals surface area contributed by atoms with Gasteiger partial charge in [0.1, 0.15) is 5.82 Å². The first-order chi connectivity index (χ1) is 9.43. The predicted molar refractivity (Wildman–Crippen MR) is 86.2 cm³/mol. The number of aromatic nitrogens is 2. The zero-order chi connectivity index (χ0) is 15.1. The third-order valence-electron chi connectivity index (χ3n) is 3.45. The molecule has 1 atom stereocenters. The van der Waals surface area contributed by atoms with E-state index >= 15 is 0 Å². The Morgan fingerprint density at radius 1 is 1.35 bits per heavy atom. The van der Waals surface area contributed by atoms with Gasteiger partial charge in [0.25, 0.3) is 0 Å². The molecular weight excluding hydrogens is 272 g/mol. The molecule has 0 saturated carbocycles. The lowest BCUT2D eigenvalue weighted by Gasteiger charge is -2.25. The first kappa shape index (κ1) is 17.5. The molecule has 0 aliphatic carbocycles. The molecule has 5 heteroatoms. The standard InChI is InChI=1S/C15H29ClN4/c1-6-7-8-14-18-12(15(16)19-14)9-17-13(11(2)3)10-20(4)5/h11,13,17H,6-10H2,1-5H3,(H,18,19). The number of hydrogen-bond acceptors (Lipinski definition) is 3. The van der Waals surface area contributed by atoms with Gasteiger partial charge in [-0.05, 0) is 26.4 Å². The fraction of sp³-hybridized carbons (Fsp3) is 0.800. The Hall–Kier alpha value is -0.580. The molecule has 4 nitrogen and oxygen atoms in total. The summed E-state index contributed by atoms with van der Waals surface area (Å²) in [6.45, 7) is 8.42. The van der Waals surface area contributed by atoms with Gasteiger partial charge in [-0.15, -0.1) is 0 Å². The van der Waals surface area contributed by atoms with Gasteiger partial charge >= 0.3 is 0 Å². The van der Waals surface area contributed by atoms with E-state index in [1.807, 2.05) is 0 Å². The van der Waals surface area contributed by atoms with E-state index in [9.17, 15) is 0 Å². The van der Waals surface area contributed by atoms with E-state index < -0.39 is 0 Å². The zero-order valence-corrected chi connectivity index (χ0v) is 14.2. The number of rotatable bonds is 9. The molecule has 0 aromatic carbocycles. The smallest absolute Gasteiger partial charge is 0.151 e. The van der Waals surface area contributed by atoms with Crippen LogP contribution in [0.5, 0.6) is 0 Å². The van der Waals surface area contributed by atoms with Crippen LogP contribution in [0.2, 0.25) is 5.15 Å². The Morgan fingerprint density at radius 3 is 2.60 bits per heavy atom. The molecule has 2 N–H and O–H groups in total. The van der Waals surface area contributed by atoms with Gasteiger partial charge in [0.05, 0.1) is 5.69 Å². The third-order valence-corrected chi connectivity index (χ3v) is 3.76. The van der Waals surface area contributed by atoms with Gasteiger partial charge in [-0.1, -0.05) is 38.8 Å². The minimum atomic E-state index is 0.448. The average Bonchev–Trinajstić information content (AvgIpc) is 2.72. The zero-order valence-electron chi connectivity index (χ0n) is 13.5. The summed E-state index contributed by atoms with van der Waals surface area (Å²) in [6.07, 6.45) is 3.29. The van der Waals surface area contributed by atoms with Gasteiger partial charge in [-0.2, -0.15) is 0 Å². The van der Waals surface area contributed by atoms with Crippen LogP contribution < -0.4 is 5.32 Å². The second kappa shape index (κ2) is 8.65. The number of nitrogens with one attached hydrogen (secondary N) is 2. The van der Waals surface area contributed by atoms with Crippen LogP contribution in [0.3, 0.4) is 0 Å². The average molecular weight is 301 g/mol. The van der Waals surface area contributed by atoms with Crippen LogP contribution in [0.15, 0.2) is 0 Å². The number of imidazole rings is 1. The van der Waals surface area contributed by atoms with Crippen LogP contribution in [-0.4, -0.2) is 41.5 Å². The molecule has 1 aromatic rings. The summed E-state index contributed by atoms with van der Waals surface area (Å²) in [5.74, 6) is 1.58. The Morgan fingerprint density at radius 2 is 2.05 bits per heavy atom. The molecule has 0 spiro atoms. The van der Waals surface area contributed by atoms with Crippen molar-refractivity contribution in [1.82, 2.24) is 20.2 Å². The molecule has 0 saturated heterocycles. The summed E-state index contributed by atoms with van der Waals surface area (Å²) in [4.78, 5) is 9.94. The van der Waals surface area contributed by atoms with Crippen molar-refractivity contribution in [3.63, 3.8) is 0 Å². The van der Waals surface area contributed by atoms with Crippen LogP contribution in [0.4, 0.5) is 0 Å². The van der Waals surface area contributed by atoms with Crippen LogP contribution in [0, 0.1) is 5.92 Å². The molecule has 0 aliphatic heterocycles. The molecule has 116 valence electrons. The summed E-state index contributed by atoms with van der Waals surface area (Å²) in [5.41, 5.74) is 1.00. The number of hydrogen-bond donors (Lipinski definition) is 2. The largest absolute Gasteiger partial charge is 0.344 e. The van der Waals surface area contributed by atoms with Crippen molar-refractivity contribution < 1.29 is 0 Å². The number of likely N-dealkylation sites (N-methyl/N-ethyl adjacent to an activating group) is 1. The number of H-pyrrole nitrogens is 1. The summed E-state index contributed by atoms with van der Waals surface area (Å²) >= 11 is 6.20. The van der Waals surface area contributed by atoms with E-state index in [1.165, 1.54) is 6.42 Å². The summed E-state index contributed by atoms with van der Waals surface area (Å²) in [6, 6.07) is 0.448. The Balaban J connectivity index is 2.56. The lowest BCUT2D eigenvalue weighted by molar-refractivity contribution is 0.287. The molecule has 1 heterocycles. The van der Waals surface area contributed by atoms with Crippen molar-refractivity contribution in [2.45, 2.75) is 52.6 Å². The van der Waals surface area contributed by atoms with Crippen molar-refractivity contribution in [2.75, 3.05) is 20.6 Å². The number of unbranched alkanes of at least 4 members (excludes halogenated alkanes) is 1. The van der Waals surface area contributed by atoms with Crippen molar-refractivity contribution in [3.05, 3.63) is 16.7 Å². The molecule has 0 aliphatic rings. The van der Waals surface area contributed by atoms with E-state index in [-0.39, 0.29) is 0 Å². The second-order valence-electron chi connectivity index (χ2n) is 6.05.